The normalized spacial score (nSPS) is 12.4. The molecule has 0 radical (unpaired) electrons. The molecule has 1 aromatic rings. The zero-order valence-corrected chi connectivity index (χ0v) is 12.1. The quantitative estimate of drug-likeness (QED) is 0.861. The summed E-state index contributed by atoms with van der Waals surface area (Å²) in [6.45, 7) is 5.40. The first-order valence-electron chi connectivity index (χ1n) is 6.00. The van der Waals surface area contributed by atoms with Gasteiger partial charge >= 0.3 is 6.09 Å². The highest BCUT2D eigenvalue weighted by molar-refractivity contribution is 6.30. The third-order valence-electron chi connectivity index (χ3n) is 2.22. The van der Waals surface area contributed by atoms with Gasteiger partial charge in [-0.2, -0.15) is 0 Å². The Morgan fingerprint density at radius 1 is 1.53 bits per heavy atom. The van der Waals surface area contributed by atoms with Gasteiger partial charge < -0.3 is 10.1 Å². The van der Waals surface area contributed by atoms with E-state index in [1.165, 1.54) is 0 Å². The van der Waals surface area contributed by atoms with Crippen LogP contribution in [0.2, 0.25) is 5.02 Å². The molecule has 0 bridgehead atoms. The van der Waals surface area contributed by atoms with Crippen molar-refractivity contribution in [2.75, 3.05) is 0 Å². The van der Waals surface area contributed by atoms with E-state index in [0.29, 0.717) is 11.4 Å². The summed E-state index contributed by atoms with van der Waals surface area (Å²) in [5.41, 5.74) is 0.422. The molecular formula is C15H18ClNO2. The molecular weight excluding hydrogens is 262 g/mol. The Balaban J connectivity index is 2.60. The Hall–Kier alpha value is -1.66. The van der Waals surface area contributed by atoms with E-state index >= 15 is 0 Å². The molecule has 19 heavy (non-hydrogen) atoms. The van der Waals surface area contributed by atoms with E-state index in [4.69, 9.17) is 22.8 Å². The average molecular weight is 280 g/mol. The van der Waals surface area contributed by atoms with Crippen LogP contribution in [0.3, 0.4) is 0 Å². The monoisotopic (exact) mass is 279 g/mol. The third-order valence-corrected chi connectivity index (χ3v) is 2.46. The number of hydrogen-bond donors (Lipinski definition) is 1. The van der Waals surface area contributed by atoms with Crippen molar-refractivity contribution in [3.8, 4) is 12.3 Å². The van der Waals surface area contributed by atoms with E-state index in [-0.39, 0.29) is 0 Å². The van der Waals surface area contributed by atoms with Gasteiger partial charge in [-0.25, -0.2) is 4.79 Å². The topological polar surface area (TPSA) is 38.3 Å². The van der Waals surface area contributed by atoms with Crippen molar-refractivity contribution in [2.24, 2.45) is 0 Å². The van der Waals surface area contributed by atoms with E-state index in [2.05, 4.69) is 11.2 Å². The number of amides is 1. The Labute approximate surface area is 119 Å². The molecule has 1 aromatic carbocycles. The first-order valence-corrected chi connectivity index (χ1v) is 6.38. The van der Waals surface area contributed by atoms with Gasteiger partial charge in [-0.3, -0.25) is 0 Å². The van der Waals surface area contributed by atoms with Crippen LogP contribution in [-0.4, -0.2) is 17.7 Å². The Bertz CT molecular complexity index is 486. The van der Waals surface area contributed by atoms with E-state index in [1.807, 2.05) is 18.2 Å². The van der Waals surface area contributed by atoms with Crippen LogP contribution in [0.25, 0.3) is 0 Å². The molecule has 1 N–H and O–H groups in total. The number of carbonyl (C=O) groups is 1. The van der Waals surface area contributed by atoms with E-state index in [9.17, 15) is 4.79 Å². The van der Waals surface area contributed by atoms with Gasteiger partial charge in [0, 0.05) is 11.4 Å². The van der Waals surface area contributed by atoms with Crippen molar-refractivity contribution in [3.63, 3.8) is 0 Å². The van der Waals surface area contributed by atoms with Crippen molar-refractivity contribution >= 4 is 17.7 Å². The summed E-state index contributed by atoms with van der Waals surface area (Å²) < 4.78 is 5.16. The van der Waals surface area contributed by atoms with Gasteiger partial charge in [0.25, 0.3) is 0 Å². The van der Waals surface area contributed by atoms with Gasteiger partial charge in [-0.15, -0.1) is 6.42 Å². The maximum atomic E-state index is 11.6. The molecule has 1 atom stereocenters. The molecule has 0 aliphatic carbocycles. The zero-order chi connectivity index (χ0) is 14.5. The van der Waals surface area contributed by atoms with Crippen LogP contribution in [-0.2, 0) is 11.2 Å². The number of terminal acetylenes is 1. The van der Waals surface area contributed by atoms with Crippen molar-refractivity contribution in [1.82, 2.24) is 5.32 Å². The molecule has 1 amide bonds. The highest BCUT2D eigenvalue weighted by Gasteiger charge is 2.18. The number of alkyl carbamates (subject to hydrolysis) is 1. The fourth-order valence-corrected chi connectivity index (χ4v) is 1.71. The molecule has 102 valence electrons. The summed E-state index contributed by atoms with van der Waals surface area (Å²) in [6.07, 6.45) is 5.41. The number of rotatable bonds is 3. The van der Waals surface area contributed by atoms with Crippen LogP contribution in [0, 0.1) is 12.3 Å². The smallest absolute Gasteiger partial charge is 0.408 e. The molecule has 0 heterocycles. The second-order valence-electron chi connectivity index (χ2n) is 5.20. The molecule has 0 aliphatic rings. The summed E-state index contributed by atoms with van der Waals surface area (Å²) in [6, 6.07) is 6.94. The SMILES string of the molecule is C#CC(Cc1cccc(Cl)c1)NC(=O)OC(C)(C)C. The highest BCUT2D eigenvalue weighted by Crippen LogP contribution is 2.12. The molecule has 0 saturated heterocycles. The van der Waals surface area contributed by atoms with Crippen molar-refractivity contribution in [1.29, 1.82) is 0 Å². The first-order chi connectivity index (χ1) is 8.80. The number of hydrogen-bond acceptors (Lipinski definition) is 2. The van der Waals surface area contributed by atoms with Crippen LogP contribution in [0.5, 0.6) is 0 Å². The molecule has 0 spiro atoms. The van der Waals surface area contributed by atoms with Gasteiger partial charge in [0.15, 0.2) is 0 Å². The molecule has 1 unspecified atom stereocenters. The Morgan fingerprint density at radius 3 is 2.74 bits per heavy atom. The lowest BCUT2D eigenvalue weighted by molar-refractivity contribution is 0.0516. The second-order valence-corrected chi connectivity index (χ2v) is 5.64. The van der Waals surface area contributed by atoms with E-state index in [1.54, 1.807) is 26.8 Å². The van der Waals surface area contributed by atoms with Crippen LogP contribution in [0.4, 0.5) is 4.79 Å². The van der Waals surface area contributed by atoms with Crippen molar-refractivity contribution < 1.29 is 9.53 Å². The lowest BCUT2D eigenvalue weighted by Gasteiger charge is -2.21. The summed E-state index contributed by atoms with van der Waals surface area (Å²) in [7, 11) is 0. The summed E-state index contributed by atoms with van der Waals surface area (Å²) >= 11 is 5.90. The fraction of sp³-hybridized carbons (Fsp3) is 0.400. The number of nitrogens with one attached hydrogen (secondary N) is 1. The maximum Gasteiger partial charge on any atom is 0.408 e. The Morgan fingerprint density at radius 2 is 2.21 bits per heavy atom. The molecule has 1 rings (SSSR count). The van der Waals surface area contributed by atoms with Crippen LogP contribution < -0.4 is 5.32 Å². The van der Waals surface area contributed by atoms with Gasteiger partial charge in [0.05, 0.1) is 6.04 Å². The summed E-state index contributed by atoms with van der Waals surface area (Å²) in [5, 5.41) is 3.29. The lowest BCUT2D eigenvalue weighted by atomic mass is 10.1. The summed E-state index contributed by atoms with van der Waals surface area (Å²) in [4.78, 5) is 11.6. The van der Waals surface area contributed by atoms with Gasteiger partial charge in [-0.05, 0) is 38.5 Å². The van der Waals surface area contributed by atoms with Crippen LogP contribution in [0.15, 0.2) is 24.3 Å². The molecule has 0 aromatic heterocycles. The van der Waals surface area contributed by atoms with Crippen LogP contribution >= 0.6 is 11.6 Å². The maximum absolute atomic E-state index is 11.6. The number of halogens is 1. The molecule has 0 saturated carbocycles. The highest BCUT2D eigenvalue weighted by atomic mass is 35.5. The molecule has 3 nitrogen and oxygen atoms in total. The number of benzene rings is 1. The van der Waals surface area contributed by atoms with E-state index in [0.717, 1.165) is 5.56 Å². The van der Waals surface area contributed by atoms with Crippen molar-refractivity contribution in [2.45, 2.75) is 38.8 Å². The van der Waals surface area contributed by atoms with Crippen molar-refractivity contribution in [3.05, 3.63) is 34.9 Å². The van der Waals surface area contributed by atoms with Crippen LogP contribution in [0.1, 0.15) is 26.3 Å². The minimum absolute atomic E-state index is 0.423. The Kier molecular flexibility index (Phi) is 5.26. The largest absolute Gasteiger partial charge is 0.444 e. The second kappa shape index (κ2) is 6.49. The number of carbonyl (C=O) groups excluding carboxylic acids is 1. The predicted molar refractivity (Wildman–Crippen MR) is 77.1 cm³/mol. The fourth-order valence-electron chi connectivity index (χ4n) is 1.50. The van der Waals surface area contributed by atoms with Gasteiger partial charge in [0.1, 0.15) is 5.60 Å². The van der Waals surface area contributed by atoms with Gasteiger partial charge in [0.2, 0.25) is 0 Å². The third kappa shape index (κ3) is 6.17. The number of ether oxygens (including phenoxy) is 1. The standard InChI is InChI=1S/C15H18ClNO2/c1-5-13(17-14(18)19-15(2,3)4)10-11-7-6-8-12(16)9-11/h1,6-9,13H,10H2,2-4H3,(H,17,18). The first kappa shape index (κ1) is 15.4. The molecule has 0 aliphatic heterocycles. The summed E-state index contributed by atoms with van der Waals surface area (Å²) in [5.74, 6) is 2.53. The zero-order valence-electron chi connectivity index (χ0n) is 11.4. The minimum atomic E-state index is -0.542. The van der Waals surface area contributed by atoms with E-state index < -0.39 is 17.7 Å². The lowest BCUT2D eigenvalue weighted by Crippen LogP contribution is -2.39. The molecule has 4 heteroatoms. The van der Waals surface area contributed by atoms with Gasteiger partial charge in [-0.1, -0.05) is 29.7 Å². The predicted octanol–water partition coefficient (Wildman–Crippen LogP) is 3.41. The molecule has 0 fully saturated rings. The average Bonchev–Trinajstić information content (AvgIpc) is 2.25. The minimum Gasteiger partial charge on any atom is -0.444 e.